The van der Waals surface area contributed by atoms with E-state index in [1.165, 1.54) is 0 Å². The average Bonchev–Trinajstić information content (AvgIpc) is 2.75. The molecule has 2 amide bonds. The van der Waals surface area contributed by atoms with E-state index in [2.05, 4.69) is 15.8 Å². The summed E-state index contributed by atoms with van der Waals surface area (Å²) < 4.78 is 5.67. The number of ether oxygens (including phenoxy) is 1. The van der Waals surface area contributed by atoms with Crippen molar-refractivity contribution in [1.82, 2.24) is 5.43 Å². The topological polar surface area (TPSA) is 117 Å². The van der Waals surface area contributed by atoms with Gasteiger partial charge >= 0.3 is 5.97 Å². The lowest BCUT2D eigenvalue weighted by Gasteiger charge is -2.09. The van der Waals surface area contributed by atoms with Crippen LogP contribution in [0.5, 0.6) is 5.75 Å². The smallest absolute Gasteiger partial charge is 0.303 e. The van der Waals surface area contributed by atoms with Gasteiger partial charge in [0.1, 0.15) is 5.75 Å². The van der Waals surface area contributed by atoms with Crippen LogP contribution in [0.1, 0.15) is 43.7 Å². The maximum absolute atomic E-state index is 12.0. The minimum absolute atomic E-state index is 0.0893. The molecule has 0 bridgehead atoms. The van der Waals surface area contributed by atoms with Gasteiger partial charge in [-0.25, -0.2) is 5.43 Å². The number of rotatable bonds is 11. The SMILES string of the molecule is CC(=NNC(=O)CCCOc1ccc(Cl)cc1C)c1ccc(NC(=O)CCC(=O)O)cc1. The van der Waals surface area contributed by atoms with Crippen LogP contribution in [-0.2, 0) is 14.4 Å². The maximum Gasteiger partial charge on any atom is 0.303 e. The van der Waals surface area contributed by atoms with E-state index in [9.17, 15) is 14.4 Å². The molecule has 0 heterocycles. The van der Waals surface area contributed by atoms with Gasteiger partial charge in [0.25, 0.3) is 0 Å². The number of anilines is 1. The van der Waals surface area contributed by atoms with Gasteiger partial charge in [0, 0.05) is 23.6 Å². The lowest BCUT2D eigenvalue weighted by atomic mass is 10.1. The first kappa shape index (κ1) is 24.9. The molecular formula is C23H26ClN3O5. The van der Waals surface area contributed by atoms with Crippen LogP contribution in [0.4, 0.5) is 5.69 Å². The van der Waals surface area contributed by atoms with Crippen molar-refractivity contribution in [2.75, 3.05) is 11.9 Å². The van der Waals surface area contributed by atoms with Crippen molar-refractivity contribution in [2.45, 2.75) is 39.5 Å². The molecule has 8 nitrogen and oxygen atoms in total. The van der Waals surface area contributed by atoms with Gasteiger partial charge in [-0.15, -0.1) is 0 Å². The van der Waals surface area contributed by atoms with Crippen LogP contribution in [0.15, 0.2) is 47.6 Å². The number of carboxylic acids is 1. The molecular weight excluding hydrogens is 434 g/mol. The molecule has 0 unspecified atom stereocenters. The molecule has 2 aromatic rings. The van der Waals surface area contributed by atoms with Gasteiger partial charge < -0.3 is 15.2 Å². The molecule has 0 fully saturated rings. The molecule has 0 aliphatic heterocycles. The fourth-order valence-corrected chi connectivity index (χ4v) is 2.92. The summed E-state index contributed by atoms with van der Waals surface area (Å²) in [6.07, 6.45) is 0.500. The summed E-state index contributed by atoms with van der Waals surface area (Å²) in [5.41, 5.74) is 5.39. The highest BCUT2D eigenvalue weighted by Crippen LogP contribution is 2.21. The van der Waals surface area contributed by atoms with Crippen molar-refractivity contribution in [1.29, 1.82) is 0 Å². The number of hydrogen-bond acceptors (Lipinski definition) is 5. The summed E-state index contributed by atoms with van der Waals surface area (Å²) in [5, 5.41) is 16.0. The number of hydrogen-bond donors (Lipinski definition) is 3. The molecule has 0 saturated heterocycles. The van der Waals surface area contributed by atoms with E-state index in [-0.39, 0.29) is 31.1 Å². The van der Waals surface area contributed by atoms with Crippen LogP contribution in [-0.4, -0.2) is 35.2 Å². The molecule has 2 aromatic carbocycles. The third kappa shape index (κ3) is 8.77. The fraction of sp³-hybridized carbons (Fsp3) is 0.304. The Morgan fingerprint density at radius 2 is 1.75 bits per heavy atom. The van der Waals surface area contributed by atoms with Crippen LogP contribution in [0.2, 0.25) is 5.02 Å². The number of aliphatic carboxylic acids is 1. The van der Waals surface area contributed by atoms with E-state index in [0.717, 1.165) is 16.9 Å². The molecule has 0 aromatic heterocycles. The lowest BCUT2D eigenvalue weighted by molar-refractivity contribution is -0.138. The lowest BCUT2D eigenvalue weighted by Crippen LogP contribution is -2.19. The molecule has 0 aliphatic carbocycles. The molecule has 0 radical (unpaired) electrons. The van der Waals surface area contributed by atoms with Crippen LogP contribution in [0, 0.1) is 6.92 Å². The second-order valence-electron chi connectivity index (χ2n) is 7.11. The zero-order valence-corrected chi connectivity index (χ0v) is 18.7. The normalized spacial score (nSPS) is 11.0. The van der Waals surface area contributed by atoms with Gasteiger partial charge in [-0.3, -0.25) is 14.4 Å². The fourth-order valence-electron chi connectivity index (χ4n) is 2.69. The molecule has 0 saturated carbocycles. The van der Waals surface area contributed by atoms with Gasteiger partial charge in [-0.05, 0) is 61.7 Å². The van der Waals surface area contributed by atoms with Crippen LogP contribution < -0.4 is 15.5 Å². The third-order valence-electron chi connectivity index (χ3n) is 4.44. The molecule has 2 rings (SSSR count). The Kier molecular flexibility index (Phi) is 9.69. The van der Waals surface area contributed by atoms with Gasteiger partial charge in [0.15, 0.2) is 0 Å². The number of carbonyl (C=O) groups excluding carboxylic acids is 2. The van der Waals surface area contributed by atoms with Crippen molar-refractivity contribution < 1.29 is 24.2 Å². The summed E-state index contributed by atoms with van der Waals surface area (Å²) >= 11 is 5.92. The second-order valence-corrected chi connectivity index (χ2v) is 7.55. The number of carboxylic acid groups (broad SMARTS) is 1. The Balaban J connectivity index is 1.74. The Hall–Kier alpha value is -3.39. The van der Waals surface area contributed by atoms with Crippen LogP contribution >= 0.6 is 11.6 Å². The number of carbonyl (C=O) groups is 3. The first-order valence-corrected chi connectivity index (χ1v) is 10.5. The van der Waals surface area contributed by atoms with E-state index in [1.54, 1.807) is 43.3 Å². The largest absolute Gasteiger partial charge is 0.493 e. The Bertz CT molecular complexity index is 990. The highest BCUT2D eigenvalue weighted by Gasteiger charge is 2.07. The summed E-state index contributed by atoms with van der Waals surface area (Å²) in [6.45, 7) is 4.07. The van der Waals surface area contributed by atoms with E-state index in [0.29, 0.717) is 29.4 Å². The predicted molar refractivity (Wildman–Crippen MR) is 123 cm³/mol. The van der Waals surface area contributed by atoms with Crippen molar-refractivity contribution >= 4 is 40.8 Å². The van der Waals surface area contributed by atoms with Gasteiger partial charge in [0.05, 0.1) is 18.7 Å². The number of benzene rings is 2. The second kappa shape index (κ2) is 12.5. The number of nitrogens with zero attached hydrogens (tertiary/aromatic N) is 1. The quantitative estimate of drug-likeness (QED) is 0.265. The van der Waals surface area contributed by atoms with Crippen LogP contribution in [0.25, 0.3) is 0 Å². The average molecular weight is 460 g/mol. The minimum atomic E-state index is -1.02. The number of hydrazone groups is 1. The van der Waals surface area contributed by atoms with Gasteiger partial charge in [-0.2, -0.15) is 5.10 Å². The van der Waals surface area contributed by atoms with E-state index < -0.39 is 5.97 Å². The molecule has 32 heavy (non-hydrogen) atoms. The standard InChI is InChI=1S/C23H26ClN3O5/c1-15-14-18(24)7-10-20(15)32-13-3-4-22(29)27-26-16(2)17-5-8-19(9-6-17)25-21(28)11-12-23(30)31/h5-10,14H,3-4,11-13H2,1-2H3,(H,25,28)(H,27,29)(H,30,31). The maximum atomic E-state index is 12.0. The molecule has 0 spiro atoms. The van der Waals surface area contributed by atoms with Crippen molar-refractivity contribution in [2.24, 2.45) is 5.10 Å². The molecule has 3 N–H and O–H groups in total. The third-order valence-corrected chi connectivity index (χ3v) is 4.68. The zero-order valence-electron chi connectivity index (χ0n) is 18.0. The highest BCUT2D eigenvalue weighted by atomic mass is 35.5. The molecule has 0 atom stereocenters. The Morgan fingerprint density at radius 1 is 1.03 bits per heavy atom. The van der Waals surface area contributed by atoms with E-state index >= 15 is 0 Å². The predicted octanol–water partition coefficient (Wildman–Crippen LogP) is 4.15. The monoisotopic (exact) mass is 459 g/mol. The van der Waals surface area contributed by atoms with E-state index in [4.69, 9.17) is 21.4 Å². The zero-order chi connectivity index (χ0) is 23.5. The summed E-state index contributed by atoms with van der Waals surface area (Å²) in [7, 11) is 0. The Morgan fingerprint density at radius 3 is 2.41 bits per heavy atom. The Labute approximate surface area is 191 Å². The number of amides is 2. The first-order valence-electron chi connectivity index (χ1n) is 10.1. The number of aryl methyl sites for hydroxylation is 1. The first-order chi connectivity index (χ1) is 15.2. The summed E-state index contributed by atoms with van der Waals surface area (Å²) in [5.74, 6) is -0.866. The summed E-state index contributed by atoms with van der Waals surface area (Å²) in [6, 6.07) is 12.3. The minimum Gasteiger partial charge on any atom is -0.493 e. The van der Waals surface area contributed by atoms with Gasteiger partial charge in [0.2, 0.25) is 11.8 Å². The van der Waals surface area contributed by atoms with Crippen LogP contribution in [0.3, 0.4) is 0 Å². The highest BCUT2D eigenvalue weighted by molar-refractivity contribution is 6.30. The molecule has 0 aliphatic rings. The van der Waals surface area contributed by atoms with Gasteiger partial charge in [-0.1, -0.05) is 23.7 Å². The number of nitrogens with one attached hydrogen (secondary N) is 2. The molecule has 9 heteroatoms. The number of halogens is 1. The van der Waals surface area contributed by atoms with Crippen molar-refractivity contribution in [3.05, 3.63) is 58.6 Å². The summed E-state index contributed by atoms with van der Waals surface area (Å²) in [4.78, 5) is 34.2. The van der Waals surface area contributed by atoms with E-state index in [1.807, 2.05) is 13.0 Å². The van der Waals surface area contributed by atoms with Crippen molar-refractivity contribution in [3.63, 3.8) is 0 Å². The molecule has 170 valence electrons. The van der Waals surface area contributed by atoms with Crippen molar-refractivity contribution in [3.8, 4) is 5.75 Å².